The number of nitrogens with zero attached hydrogens (tertiary/aromatic N) is 1. The molecule has 2 N–H and O–H groups in total. The van der Waals surface area contributed by atoms with Gasteiger partial charge in [-0.3, -0.25) is 14.8 Å². The highest BCUT2D eigenvalue weighted by molar-refractivity contribution is 9.10. The normalized spacial score (nSPS) is 11.1. The predicted octanol–water partition coefficient (Wildman–Crippen LogP) is 3.16. The molecular formula is C14H11BrN2O6S. The van der Waals surface area contributed by atoms with Crippen LogP contribution in [0.4, 0.5) is 11.4 Å². The Balaban J connectivity index is 2.61. The second-order valence-corrected chi connectivity index (χ2v) is 7.43. The standard InChI is InChI=1S/C14H11BrN2O6S/c1-8-2-4-10(5-3-8)24(22,23)16-13-11(14(18)19)6-9(15)7-12(13)17(20)21/h2-7,16H,1H3,(H,18,19). The molecule has 0 aromatic heterocycles. The van der Waals surface area contributed by atoms with E-state index in [4.69, 9.17) is 0 Å². The van der Waals surface area contributed by atoms with Gasteiger partial charge in [-0.2, -0.15) is 0 Å². The van der Waals surface area contributed by atoms with Crippen molar-refractivity contribution in [3.63, 3.8) is 0 Å². The van der Waals surface area contributed by atoms with Crippen LogP contribution in [0.25, 0.3) is 0 Å². The largest absolute Gasteiger partial charge is 0.478 e. The Hall–Kier alpha value is -2.46. The van der Waals surface area contributed by atoms with Crippen molar-refractivity contribution in [3.8, 4) is 0 Å². The van der Waals surface area contributed by atoms with E-state index in [9.17, 15) is 28.4 Å². The lowest BCUT2D eigenvalue weighted by molar-refractivity contribution is -0.384. The Labute approximate surface area is 145 Å². The SMILES string of the molecule is Cc1ccc(S(=O)(=O)Nc2c(C(=O)O)cc(Br)cc2[N+](=O)[O-])cc1. The minimum atomic E-state index is -4.19. The van der Waals surface area contributed by atoms with E-state index in [0.29, 0.717) is 0 Å². The Morgan fingerprint density at radius 2 is 1.83 bits per heavy atom. The maximum Gasteiger partial charge on any atom is 0.338 e. The highest BCUT2D eigenvalue weighted by Crippen LogP contribution is 2.34. The van der Waals surface area contributed by atoms with Gasteiger partial charge in [0.05, 0.1) is 15.4 Å². The first-order chi connectivity index (χ1) is 11.1. The van der Waals surface area contributed by atoms with Crippen LogP contribution in [0.15, 0.2) is 45.8 Å². The maximum atomic E-state index is 12.4. The summed E-state index contributed by atoms with van der Waals surface area (Å²) in [6.07, 6.45) is 0. The number of nitro groups is 1. The third-order valence-electron chi connectivity index (χ3n) is 3.08. The predicted molar refractivity (Wildman–Crippen MR) is 89.7 cm³/mol. The number of halogens is 1. The summed E-state index contributed by atoms with van der Waals surface area (Å²) in [6.45, 7) is 1.77. The molecule has 0 unspecified atom stereocenters. The summed E-state index contributed by atoms with van der Waals surface area (Å²) in [5, 5.41) is 20.4. The monoisotopic (exact) mass is 414 g/mol. The summed E-state index contributed by atoms with van der Waals surface area (Å²) >= 11 is 2.97. The first-order valence-electron chi connectivity index (χ1n) is 6.42. The summed E-state index contributed by atoms with van der Waals surface area (Å²) in [6, 6.07) is 7.87. The number of sulfonamides is 1. The van der Waals surface area contributed by atoms with Crippen LogP contribution in [0.5, 0.6) is 0 Å². The molecule has 24 heavy (non-hydrogen) atoms. The zero-order valence-electron chi connectivity index (χ0n) is 12.2. The van der Waals surface area contributed by atoms with Crippen LogP contribution in [0.2, 0.25) is 0 Å². The van der Waals surface area contributed by atoms with Crippen molar-refractivity contribution in [2.45, 2.75) is 11.8 Å². The number of carboxylic acids is 1. The van der Waals surface area contributed by atoms with Crippen LogP contribution >= 0.6 is 15.9 Å². The highest BCUT2D eigenvalue weighted by Gasteiger charge is 2.27. The van der Waals surface area contributed by atoms with Crippen molar-refractivity contribution in [2.75, 3.05) is 4.72 Å². The van der Waals surface area contributed by atoms with Gasteiger partial charge in [0.25, 0.3) is 15.7 Å². The molecule has 0 atom stereocenters. The zero-order valence-corrected chi connectivity index (χ0v) is 14.6. The van der Waals surface area contributed by atoms with Gasteiger partial charge in [0.15, 0.2) is 0 Å². The molecule has 0 bridgehead atoms. The van der Waals surface area contributed by atoms with Crippen molar-refractivity contribution in [1.29, 1.82) is 0 Å². The molecule has 0 aliphatic carbocycles. The lowest BCUT2D eigenvalue weighted by Crippen LogP contribution is -2.17. The Morgan fingerprint density at radius 3 is 2.33 bits per heavy atom. The minimum Gasteiger partial charge on any atom is -0.478 e. The van der Waals surface area contributed by atoms with Gasteiger partial charge < -0.3 is 5.11 Å². The number of anilines is 1. The smallest absolute Gasteiger partial charge is 0.338 e. The van der Waals surface area contributed by atoms with Gasteiger partial charge in [0, 0.05) is 10.5 Å². The highest BCUT2D eigenvalue weighted by atomic mass is 79.9. The molecule has 8 nitrogen and oxygen atoms in total. The number of nitro benzene ring substituents is 1. The lowest BCUT2D eigenvalue weighted by Gasteiger charge is -2.11. The second-order valence-electron chi connectivity index (χ2n) is 4.83. The molecule has 0 saturated heterocycles. The number of nitrogens with one attached hydrogen (secondary N) is 1. The fourth-order valence-corrected chi connectivity index (χ4v) is 3.46. The number of carbonyl (C=O) groups is 1. The summed E-state index contributed by atoms with van der Waals surface area (Å²) in [7, 11) is -4.19. The number of aromatic carboxylic acids is 1. The van der Waals surface area contributed by atoms with Gasteiger partial charge >= 0.3 is 5.97 Å². The van der Waals surface area contributed by atoms with Crippen molar-refractivity contribution in [3.05, 3.63) is 62.1 Å². The second kappa shape index (κ2) is 6.57. The summed E-state index contributed by atoms with van der Waals surface area (Å²) < 4.78 is 27.0. The minimum absolute atomic E-state index is 0.137. The van der Waals surface area contributed by atoms with Gasteiger partial charge in [-0.1, -0.05) is 33.6 Å². The van der Waals surface area contributed by atoms with E-state index in [1.54, 1.807) is 19.1 Å². The van der Waals surface area contributed by atoms with Gasteiger partial charge in [-0.15, -0.1) is 0 Å². The van der Waals surface area contributed by atoms with E-state index in [0.717, 1.165) is 17.7 Å². The Kier molecular flexibility index (Phi) is 4.90. The Morgan fingerprint density at radius 1 is 1.25 bits per heavy atom. The molecule has 126 valence electrons. The van der Waals surface area contributed by atoms with Gasteiger partial charge in [-0.25, -0.2) is 13.2 Å². The van der Waals surface area contributed by atoms with Crippen molar-refractivity contribution in [1.82, 2.24) is 0 Å². The van der Waals surface area contributed by atoms with E-state index >= 15 is 0 Å². The molecule has 0 spiro atoms. The maximum absolute atomic E-state index is 12.4. The molecule has 2 aromatic rings. The molecule has 0 aliphatic heterocycles. The average Bonchev–Trinajstić information content (AvgIpc) is 2.48. The number of carboxylic acid groups (broad SMARTS) is 1. The fourth-order valence-electron chi connectivity index (χ4n) is 1.92. The van der Waals surface area contributed by atoms with E-state index in [-0.39, 0.29) is 9.37 Å². The van der Waals surface area contributed by atoms with E-state index < -0.39 is 37.9 Å². The molecule has 0 heterocycles. The molecule has 2 rings (SSSR count). The third-order valence-corrected chi connectivity index (χ3v) is 4.90. The van der Waals surface area contributed by atoms with Crippen LogP contribution in [-0.2, 0) is 10.0 Å². The Bertz CT molecular complexity index is 890. The molecule has 0 fully saturated rings. The third kappa shape index (κ3) is 3.71. The number of hydrogen-bond donors (Lipinski definition) is 2. The average molecular weight is 415 g/mol. The van der Waals surface area contributed by atoms with Crippen LogP contribution in [-0.4, -0.2) is 24.4 Å². The topological polar surface area (TPSA) is 127 Å². The molecule has 0 saturated carbocycles. The molecule has 10 heteroatoms. The van der Waals surface area contributed by atoms with Crippen LogP contribution in [0.1, 0.15) is 15.9 Å². The summed E-state index contributed by atoms with van der Waals surface area (Å²) in [5.74, 6) is -1.50. The molecular weight excluding hydrogens is 404 g/mol. The number of hydrogen-bond acceptors (Lipinski definition) is 5. The molecule has 0 radical (unpaired) electrons. The summed E-state index contributed by atoms with van der Waals surface area (Å²) in [4.78, 5) is 21.5. The van der Waals surface area contributed by atoms with Gasteiger partial charge in [-0.05, 0) is 25.1 Å². The van der Waals surface area contributed by atoms with E-state index in [1.807, 2.05) is 4.72 Å². The number of aryl methyl sites for hydroxylation is 1. The first-order valence-corrected chi connectivity index (χ1v) is 8.70. The molecule has 2 aromatic carbocycles. The first kappa shape index (κ1) is 17.9. The number of rotatable bonds is 5. The quantitative estimate of drug-likeness (QED) is 0.571. The van der Waals surface area contributed by atoms with Crippen LogP contribution in [0, 0.1) is 17.0 Å². The molecule has 0 aliphatic rings. The lowest BCUT2D eigenvalue weighted by atomic mass is 10.1. The van der Waals surface area contributed by atoms with E-state index in [2.05, 4.69) is 15.9 Å². The summed E-state index contributed by atoms with van der Waals surface area (Å²) in [5.41, 5.74) is -0.977. The van der Waals surface area contributed by atoms with Crippen molar-refractivity contribution >= 4 is 43.3 Å². The fraction of sp³-hybridized carbons (Fsp3) is 0.0714. The molecule has 0 amide bonds. The van der Waals surface area contributed by atoms with Crippen molar-refractivity contribution < 1.29 is 23.2 Å². The van der Waals surface area contributed by atoms with E-state index in [1.165, 1.54) is 12.1 Å². The van der Waals surface area contributed by atoms with Gasteiger partial charge in [0.1, 0.15) is 5.69 Å². The van der Waals surface area contributed by atoms with Crippen molar-refractivity contribution in [2.24, 2.45) is 0 Å². The van der Waals surface area contributed by atoms with Gasteiger partial charge in [0.2, 0.25) is 0 Å². The van der Waals surface area contributed by atoms with Crippen LogP contribution < -0.4 is 4.72 Å². The van der Waals surface area contributed by atoms with Crippen LogP contribution in [0.3, 0.4) is 0 Å². The number of benzene rings is 2. The zero-order chi connectivity index (χ0) is 18.1.